The summed E-state index contributed by atoms with van der Waals surface area (Å²) in [5.74, 6) is 0. The summed E-state index contributed by atoms with van der Waals surface area (Å²) in [6.07, 6.45) is -1.57. The minimum atomic E-state index is -2.41. The van der Waals surface area contributed by atoms with Crippen molar-refractivity contribution in [2.24, 2.45) is 10.2 Å². The van der Waals surface area contributed by atoms with Gasteiger partial charge in [-0.25, -0.2) is 9.59 Å². The van der Waals surface area contributed by atoms with Gasteiger partial charge in [-0.15, -0.1) is 0 Å². The van der Waals surface area contributed by atoms with Gasteiger partial charge in [-0.05, 0) is 33.2 Å². The molecule has 0 bridgehead atoms. The van der Waals surface area contributed by atoms with Gasteiger partial charge in [-0.3, -0.25) is 0 Å². The van der Waals surface area contributed by atoms with E-state index in [-0.39, 0.29) is 33.2 Å². The zero-order valence-electron chi connectivity index (χ0n) is 20.0. The Morgan fingerprint density at radius 2 is 0.679 bits per heavy atom. The standard InChI is InChI=1S/C20H42N2O4Si2/c1-13(2)27(14(3)4,15(5)6)25-19(23)21-22-20(24)26-28(16(7)8,17(9)10)18(11)12/h13-18H,1-12H3/b22-21+. The van der Waals surface area contributed by atoms with E-state index < -0.39 is 28.8 Å². The molecule has 0 aromatic carbocycles. The number of carbonyl (C=O) groups excluding carboxylic acids is 2. The summed E-state index contributed by atoms with van der Waals surface area (Å²) in [7, 11) is -4.82. The number of rotatable bonds is 8. The molecule has 0 spiro atoms. The maximum atomic E-state index is 12.4. The van der Waals surface area contributed by atoms with Gasteiger partial charge in [0.15, 0.2) is 0 Å². The minimum Gasteiger partial charge on any atom is -0.500 e. The van der Waals surface area contributed by atoms with Crippen molar-refractivity contribution in [3.63, 3.8) is 0 Å². The Bertz CT molecular complexity index is 467. The normalized spacial score (nSPS) is 13.6. The summed E-state index contributed by atoms with van der Waals surface area (Å²) < 4.78 is 11.8. The lowest BCUT2D eigenvalue weighted by atomic mass is 10.5. The van der Waals surface area contributed by atoms with Crippen LogP contribution in [0.4, 0.5) is 9.59 Å². The zero-order valence-corrected chi connectivity index (χ0v) is 22.0. The van der Waals surface area contributed by atoms with Crippen LogP contribution in [0.1, 0.15) is 83.1 Å². The fourth-order valence-electron chi connectivity index (χ4n) is 5.13. The molecule has 164 valence electrons. The lowest BCUT2D eigenvalue weighted by Crippen LogP contribution is -2.49. The van der Waals surface area contributed by atoms with Crippen molar-refractivity contribution in [2.75, 3.05) is 0 Å². The van der Waals surface area contributed by atoms with Crippen molar-refractivity contribution in [1.29, 1.82) is 0 Å². The number of nitrogens with zero attached hydrogens (tertiary/aromatic N) is 2. The zero-order chi connectivity index (χ0) is 22.4. The highest BCUT2D eigenvalue weighted by Gasteiger charge is 2.49. The summed E-state index contributed by atoms with van der Waals surface area (Å²) in [5, 5.41) is 7.13. The van der Waals surface area contributed by atoms with Crippen LogP contribution >= 0.6 is 0 Å². The lowest BCUT2D eigenvalue weighted by molar-refractivity contribution is 0.193. The molecule has 0 aliphatic rings. The van der Waals surface area contributed by atoms with Gasteiger partial charge in [0, 0.05) is 0 Å². The molecule has 0 aromatic rings. The molecular weight excluding hydrogens is 388 g/mol. The third-order valence-corrected chi connectivity index (χ3v) is 18.0. The number of azo groups is 1. The van der Waals surface area contributed by atoms with Crippen LogP contribution in [0.5, 0.6) is 0 Å². The van der Waals surface area contributed by atoms with Crippen LogP contribution in [-0.4, -0.2) is 28.8 Å². The fraction of sp³-hybridized carbons (Fsp3) is 0.900. The van der Waals surface area contributed by atoms with Crippen LogP contribution in [0.25, 0.3) is 0 Å². The molecule has 0 aromatic heterocycles. The molecule has 0 saturated heterocycles. The Labute approximate surface area is 174 Å². The molecule has 2 amide bonds. The number of carbonyl (C=O) groups is 2. The molecule has 0 radical (unpaired) electrons. The SMILES string of the molecule is CC(C)[Si](OC(=O)/N=N/C(=O)O[Si](C(C)C)(C(C)C)C(C)C)(C(C)C)C(C)C. The molecular formula is C20H42N2O4Si2. The van der Waals surface area contributed by atoms with Gasteiger partial charge < -0.3 is 8.85 Å². The van der Waals surface area contributed by atoms with E-state index >= 15 is 0 Å². The first-order valence-corrected chi connectivity index (χ1v) is 14.8. The van der Waals surface area contributed by atoms with Crippen molar-refractivity contribution in [3.05, 3.63) is 0 Å². The molecule has 0 N–H and O–H groups in total. The summed E-state index contributed by atoms with van der Waals surface area (Å²) in [5.41, 5.74) is 1.42. The average molecular weight is 431 g/mol. The quantitative estimate of drug-likeness (QED) is 0.288. The Balaban J connectivity index is 5.47. The Hall–Kier alpha value is -1.03. The largest absolute Gasteiger partial charge is 0.500 e. The minimum absolute atomic E-state index is 0.237. The van der Waals surface area contributed by atoms with Gasteiger partial charge >= 0.3 is 12.2 Å². The number of amides is 2. The summed E-state index contributed by atoms with van der Waals surface area (Å²) in [6, 6.07) is 0. The molecule has 0 fully saturated rings. The van der Waals surface area contributed by atoms with Crippen molar-refractivity contribution in [2.45, 2.75) is 116 Å². The van der Waals surface area contributed by atoms with E-state index in [2.05, 4.69) is 93.3 Å². The molecule has 0 heterocycles. The van der Waals surface area contributed by atoms with E-state index in [1.165, 1.54) is 0 Å². The first-order chi connectivity index (χ1) is 12.7. The topological polar surface area (TPSA) is 77.3 Å². The summed E-state index contributed by atoms with van der Waals surface area (Å²) in [4.78, 5) is 24.8. The first-order valence-electron chi connectivity index (χ1n) is 10.5. The maximum Gasteiger partial charge on any atom is 0.439 e. The second-order valence-corrected chi connectivity index (χ2v) is 20.3. The smallest absolute Gasteiger partial charge is 0.439 e. The van der Waals surface area contributed by atoms with Gasteiger partial charge in [0.25, 0.3) is 16.6 Å². The van der Waals surface area contributed by atoms with E-state index in [9.17, 15) is 9.59 Å². The Kier molecular flexibility index (Phi) is 10.3. The van der Waals surface area contributed by atoms with Crippen molar-refractivity contribution in [3.8, 4) is 0 Å². The van der Waals surface area contributed by atoms with Crippen LogP contribution < -0.4 is 0 Å². The monoisotopic (exact) mass is 430 g/mol. The molecule has 0 aliphatic heterocycles. The fourth-order valence-corrected chi connectivity index (χ4v) is 15.2. The van der Waals surface area contributed by atoms with E-state index in [0.29, 0.717) is 0 Å². The molecule has 0 unspecified atom stereocenters. The molecule has 6 nitrogen and oxygen atoms in total. The van der Waals surface area contributed by atoms with Crippen LogP contribution in [0.2, 0.25) is 33.2 Å². The molecule has 0 rings (SSSR count). The second-order valence-electron chi connectivity index (χ2n) is 9.57. The van der Waals surface area contributed by atoms with E-state index in [0.717, 1.165) is 0 Å². The molecule has 0 aliphatic carbocycles. The summed E-state index contributed by atoms with van der Waals surface area (Å²) >= 11 is 0. The third-order valence-electron chi connectivity index (χ3n) is 6.16. The molecule has 28 heavy (non-hydrogen) atoms. The van der Waals surface area contributed by atoms with Crippen LogP contribution in [-0.2, 0) is 8.85 Å². The predicted molar refractivity (Wildman–Crippen MR) is 120 cm³/mol. The van der Waals surface area contributed by atoms with Gasteiger partial charge in [-0.1, -0.05) is 93.3 Å². The summed E-state index contributed by atoms with van der Waals surface area (Å²) in [6.45, 7) is 25.0. The third kappa shape index (κ3) is 5.75. The van der Waals surface area contributed by atoms with Gasteiger partial charge in [0.2, 0.25) is 0 Å². The second kappa shape index (κ2) is 10.7. The Morgan fingerprint density at radius 3 is 0.821 bits per heavy atom. The first kappa shape index (κ1) is 27.0. The number of hydrogen-bond donors (Lipinski definition) is 0. The van der Waals surface area contributed by atoms with Crippen LogP contribution in [0.15, 0.2) is 10.2 Å². The predicted octanol–water partition coefficient (Wildman–Crippen LogP) is 8.06. The van der Waals surface area contributed by atoms with Crippen LogP contribution in [0, 0.1) is 0 Å². The van der Waals surface area contributed by atoms with Crippen molar-refractivity contribution in [1.82, 2.24) is 0 Å². The average Bonchev–Trinajstić information content (AvgIpc) is 2.53. The molecule has 0 saturated carbocycles. The maximum absolute atomic E-state index is 12.4. The highest BCUT2D eigenvalue weighted by molar-refractivity contribution is 6.79. The van der Waals surface area contributed by atoms with Crippen molar-refractivity contribution < 1.29 is 18.4 Å². The van der Waals surface area contributed by atoms with E-state index in [1.807, 2.05) is 0 Å². The van der Waals surface area contributed by atoms with Crippen molar-refractivity contribution >= 4 is 28.8 Å². The molecule has 8 heteroatoms. The Morgan fingerprint density at radius 1 is 0.500 bits per heavy atom. The van der Waals surface area contributed by atoms with Crippen LogP contribution in [0.3, 0.4) is 0 Å². The lowest BCUT2D eigenvalue weighted by Gasteiger charge is -2.40. The van der Waals surface area contributed by atoms with Gasteiger partial charge in [-0.2, -0.15) is 0 Å². The van der Waals surface area contributed by atoms with Gasteiger partial charge in [0.1, 0.15) is 0 Å². The van der Waals surface area contributed by atoms with Gasteiger partial charge in [0.05, 0.1) is 0 Å². The number of hydrogen-bond acceptors (Lipinski definition) is 4. The van der Waals surface area contributed by atoms with E-state index in [1.54, 1.807) is 0 Å². The van der Waals surface area contributed by atoms with E-state index in [4.69, 9.17) is 8.85 Å². The molecule has 0 atom stereocenters. The highest BCUT2D eigenvalue weighted by Crippen LogP contribution is 2.43. The highest BCUT2D eigenvalue weighted by atomic mass is 28.4.